The highest BCUT2D eigenvalue weighted by Crippen LogP contribution is 2.29. The molecule has 0 radical (unpaired) electrons. The van der Waals surface area contributed by atoms with Gasteiger partial charge in [-0.05, 0) is 48.5 Å². The fourth-order valence-electron chi connectivity index (χ4n) is 3.02. The van der Waals surface area contributed by atoms with Gasteiger partial charge in [-0.2, -0.15) is 0 Å². The zero-order valence-electron chi connectivity index (χ0n) is 17.3. The molecule has 162 valence electrons. The summed E-state index contributed by atoms with van der Waals surface area (Å²) < 4.78 is 22.2. The lowest BCUT2D eigenvalue weighted by atomic mass is 10.1. The molecule has 4 rings (SSSR count). The van der Waals surface area contributed by atoms with Crippen LogP contribution in [0.25, 0.3) is 6.08 Å². The van der Waals surface area contributed by atoms with Crippen molar-refractivity contribution in [3.63, 3.8) is 0 Å². The zero-order valence-corrected chi connectivity index (χ0v) is 18.0. The summed E-state index contributed by atoms with van der Waals surface area (Å²) >= 11 is 6.10. The van der Waals surface area contributed by atoms with Gasteiger partial charge in [-0.1, -0.05) is 41.9 Å². The number of hydrogen-bond acceptors (Lipinski definition) is 6. The molecular weight excluding hydrogens is 430 g/mol. The molecule has 0 atom stereocenters. The number of ether oxygens (including phenoxy) is 4. The van der Waals surface area contributed by atoms with Crippen molar-refractivity contribution in [2.24, 2.45) is 4.99 Å². The average Bonchev–Trinajstić information content (AvgIpc) is 3.19. The SMILES string of the molecule is COc1ccc(OCCOc2ccccc2Cl)c(/C=C2\N=C(c3ccccc3)OC2=O)c1. The summed E-state index contributed by atoms with van der Waals surface area (Å²) in [5, 5.41) is 0.536. The minimum atomic E-state index is -0.528. The lowest BCUT2D eigenvalue weighted by molar-refractivity contribution is -0.129. The van der Waals surface area contributed by atoms with E-state index in [1.807, 2.05) is 42.5 Å². The van der Waals surface area contributed by atoms with Gasteiger partial charge < -0.3 is 18.9 Å². The summed E-state index contributed by atoms with van der Waals surface area (Å²) in [6, 6.07) is 21.8. The number of carbonyl (C=O) groups is 1. The quantitative estimate of drug-likeness (QED) is 0.270. The van der Waals surface area contributed by atoms with Crippen LogP contribution in [0.15, 0.2) is 83.5 Å². The van der Waals surface area contributed by atoms with Gasteiger partial charge >= 0.3 is 5.97 Å². The summed E-state index contributed by atoms with van der Waals surface area (Å²) in [7, 11) is 1.57. The van der Waals surface area contributed by atoms with Gasteiger partial charge in [0.05, 0.1) is 12.1 Å². The molecule has 0 bridgehead atoms. The van der Waals surface area contributed by atoms with Crippen LogP contribution in [0.2, 0.25) is 5.02 Å². The van der Waals surface area contributed by atoms with E-state index in [0.717, 1.165) is 5.56 Å². The lowest BCUT2D eigenvalue weighted by Gasteiger charge is -2.12. The van der Waals surface area contributed by atoms with Crippen molar-refractivity contribution in [1.82, 2.24) is 0 Å². The smallest absolute Gasteiger partial charge is 0.363 e. The standard InChI is InChI=1S/C25H20ClNO5/c1-29-19-11-12-22(30-13-14-31-23-10-6-5-9-20(23)26)18(15-19)16-21-25(28)32-24(27-21)17-7-3-2-4-8-17/h2-12,15-16H,13-14H2,1H3/b21-16-. The molecule has 0 amide bonds. The van der Waals surface area contributed by atoms with E-state index < -0.39 is 5.97 Å². The summed E-state index contributed by atoms with van der Waals surface area (Å²) in [6.07, 6.45) is 1.62. The molecule has 0 aliphatic carbocycles. The van der Waals surface area contributed by atoms with E-state index in [1.165, 1.54) is 0 Å². The molecule has 6 nitrogen and oxygen atoms in total. The van der Waals surface area contributed by atoms with Crippen LogP contribution in [0.5, 0.6) is 17.2 Å². The van der Waals surface area contributed by atoms with E-state index in [9.17, 15) is 4.79 Å². The van der Waals surface area contributed by atoms with Crippen molar-refractivity contribution in [2.75, 3.05) is 20.3 Å². The monoisotopic (exact) mass is 449 g/mol. The van der Waals surface area contributed by atoms with E-state index in [-0.39, 0.29) is 18.2 Å². The van der Waals surface area contributed by atoms with Crippen LogP contribution in [0.1, 0.15) is 11.1 Å². The van der Waals surface area contributed by atoms with Crippen LogP contribution in [0, 0.1) is 0 Å². The number of hydrogen-bond donors (Lipinski definition) is 0. The van der Waals surface area contributed by atoms with Gasteiger partial charge in [0.15, 0.2) is 5.70 Å². The predicted octanol–water partition coefficient (Wildman–Crippen LogP) is 5.15. The van der Waals surface area contributed by atoms with Crippen molar-refractivity contribution in [2.45, 2.75) is 0 Å². The van der Waals surface area contributed by atoms with Gasteiger partial charge in [0.2, 0.25) is 5.90 Å². The Hall–Kier alpha value is -3.77. The Morgan fingerprint density at radius 1 is 0.938 bits per heavy atom. The Morgan fingerprint density at radius 3 is 2.41 bits per heavy atom. The Bertz CT molecular complexity index is 1170. The topological polar surface area (TPSA) is 66.3 Å². The molecule has 0 saturated heterocycles. The maximum absolute atomic E-state index is 12.4. The molecule has 0 saturated carbocycles. The van der Waals surface area contributed by atoms with Gasteiger partial charge in [0, 0.05) is 11.1 Å². The first-order valence-corrected chi connectivity index (χ1v) is 10.3. The van der Waals surface area contributed by atoms with Gasteiger partial charge in [0.25, 0.3) is 0 Å². The Morgan fingerprint density at radius 2 is 1.66 bits per heavy atom. The van der Waals surface area contributed by atoms with Gasteiger partial charge in [0.1, 0.15) is 30.5 Å². The highest BCUT2D eigenvalue weighted by molar-refractivity contribution is 6.32. The summed E-state index contributed by atoms with van der Waals surface area (Å²) in [4.78, 5) is 16.7. The van der Waals surface area contributed by atoms with Crippen molar-refractivity contribution in [1.29, 1.82) is 0 Å². The molecule has 3 aromatic rings. The number of carbonyl (C=O) groups excluding carboxylic acids is 1. The fourth-order valence-corrected chi connectivity index (χ4v) is 3.21. The molecule has 1 aliphatic heterocycles. The summed E-state index contributed by atoms with van der Waals surface area (Å²) in [5.41, 5.74) is 1.53. The Labute approximate surface area is 190 Å². The van der Waals surface area contributed by atoms with E-state index in [1.54, 1.807) is 43.5 Å². The van der Waals surface area contributed by atoms with E-state index in [4.69, 9.17) is 30.5 Å². The Balaban J connectivity index is 1.51. The predicted molar refractivity (Wildman–Crippen MR) is 122 cm³/mol. The Kier molecular flexibility index (Phi) is 6.72. The van der Waals surface area contributed by atoms with Crippen LogP contribution in [0.3, 0.4) is 0 Å². The number of nitrogens with zero attached hydrogens (tertiary/aromatic N) is 1. The van der Waals surface area contributed by atoms with Crippen LogP contribution in [-0.2, 0) is 9.53 Å². The van der Waals surface area contributed by atoms with Gasteiger partial charge in [-0.15, -0.1) is 0 Å². The molecule has 0 aromatic heterocycles. The molecule has 3 aromatic carbocycles. The molecule has 0 fully saturated rings. The number of benzene rings is 3. The first-order valence-electron chi connectivity index (χ1n) is 9.90. The molecule has 1 aliphatic rings. The molecule has 0 N–H and O–H groups in total. The largest absolute Gasteiger partial charge is 0.497 e. The second-order valence-electron chi connectivity index (χ2n) is 6.73. The minimum Gasteiger partial charge on any atom is -0.497 e. The molecule has 1 heterocycles. The van der Waals surface area contributed by atoms with Crippen molar-refractivity contribution in [3.8, 4) is 17.2 Å². The molecule has 7 heteroatoms. The third-order valence-corrected chi connectivity index (χ3v) is 4.90. The van der Waals surface area contributed by atoms with Crippen LogP contribution in [0.4, 0.5) is 0 Å². The number of esters is 1. The minimum absolute atomic E-state index is 0.175. The number of aliphatic imine (C=N–C) groups is 1. The van der Waals surface area contributed by atoms with Crippen LogP contribution in [-0.4, -0.2) is 32.2 Å². The lowest BCUT2D eigenvalue weighted by Crippen LogP contribution is -2.10. The van der Waals surface area contributed by atoms with Crippen molar-refractivity contribution < 1.29 is 23.7 Å². The second-order valence-corrected chi connectivity index (χ2v) is 7.14. The van der Waals surface area contributed by atoms with E-state index >= 15 is 0 Å². The normalized spacial score (nSPS) is 14.1. The van der Waals surface area contributed by atoms with Crippen LogP contribution < -0.4 is 14.2 Å². The van der Waals surface area contributed by atoms with Gasteiger partial charge in [-0.3, -0.25) is 0 Å². The average molecular weight is 450 g/mol. The number of halogens is 1. The van der Waals surface area contributed by atoms with Gasteiger partial charge in [-0.25, -0.2) is 9.79 Å². The summed E-state index contributed by atoms with van der Waals surface area (Å²) in [6.45, 7) is 0.570. The first-order chi connectivity index (χ1) is 15.6. The summed E-state index contributed by atoms with van der Waals surface area (Å²) in [5.74, 6) is 1.50. The van der Waals surface area contributed by atoms with Crippen LogP contribution >= 0.6 is 11.6 Å². The number of rotatable bonds is 8. The maximum atomic E-state index is 12.4. The maximum Gasteiger partial charge on any atom is 0.363 e. The zero-order chi connectivity index (χ0) is 22.3. The molecular formula is C25H20ClNO5. The second kappa shape index (κ2) is 10.0. The first kappa shape index (κ1) is 21.5. The third kappa shape index (κ3) is 5.10. The highest BCUT2D eigenvalue weighted by atomic mass is 35.5. The number of para-hydroxylation sites is 1. The van der Waals surface area contributed by atoms with Crippen molar-refractivity contribution >= 4 is 29.5 Å². The highest BCUT2D eigenvalue weighted by Gasteiger charge is 2.24. The fraction of sp³-hybridized carbons (Fsp3) is 0.120. The van der Waals surface area contributed by atoms with E-state index in [2.05, 4.69) is 4.99 Å². The number of methoxy groups -OCH3 is 1. The number of cyclic esters (lactones) is 1. The molecule has 32 heavy (non-hydrogen) atoms. The van der Waals surface area contributed by atoms with Crippen molar-refractivity contribution in [3.05, 3.63) is 94.6 Å². The molecule has 0 spiro atoms. The third-order valence-electron chi connectivity index (χ3n) is 4.59. The molecule has 0 unspecified atom stereocenters. The van der Waals surface area contributed by atoms with E-state index in [0.29, 0.717) is 34.4 Å².